The van der Waals surface area contributed by atoms with Gasteiger partial charge in [0, 0.05) is 19.3 Å². The predicted molar refractivity (Wildman–Crippen MR) is 167 cm³/mol. The Bertz CT molecular complexity index is 723. The number of carbonyl (C=O) groups excluding carboxylic acids is 3. The van der Waals surface area contributed by atoms with E-state index in [4.69, 9.17) is 9.47 Å². The van der Waals surface area contributed by atoms with Crippen LogP contribution in [0.4, 0.5) is 0 Å². The summed E-state index contributed by atoms with van der Waals surface area (Å²) in [5.41, 5.74) is 0.460. The van der Waals surface area contributed by atoms with E-state index in [9.17, 15) is 14.4 Å². The minimum Gasteiger partial charge on any atom is -0.462 e. The molecule has 0 heterocycles. The van der Waals surface area contributed by atoms with Gasteiger partial charge in [0.25, 0.3) is 0 Å². The van der Waals surface area contributed by atoms with Gasteiger partial charge < -0.3 is 9.47 Å². The summed E-state index contributed by atoms with van der Waals surface area (Å²) in [5.74, 6) is 1.57. The van der Waals surface area contributed by atoms with Crippen molar-refractivity contribution in [3.8, 4) is 0 Å². The van der Waals surface area contributed by atoms with Crippen molar-refractivity contribution in [2.24, 2.45) is 23.2 Å². The van der Waals surface area contributed by atoms with Crippen LogP contribution in [-0.2, 0) is 23.9 Å². The Labute approximate surface area is 252 Å². The molecule has 0 spiro atoms. The Kier molecular flexibility index (Phi) is 17.9. The van der Waals surface area contributed by atoms with Gasteiger partial charge in [0.15, 0.2) is 0 Å². The standard InChI is InChI=1S/C20H36O2.C16H28O3/c1-16(18-11-5-3-6-12-18)10-9-15-20(21)22-17(2)19-13-7-4-8-14-19;1-3-10-16(11-6-5-7-12-16)13-8-9-15(18)19-14(17)4-2/h16-19H,3-15H2,1-2H3;3-13H2,1-2H3. The third-order valence-corrected chi connectivity index (χ3v) is 10.4. The summed E-state index contributed by atoms with van der Waals surface area (Å²) >= 11 is 0. The number of hydrogen-bond acceptors (Lipinski definition) is 5. The van der Waals surface area contributed by atoms with E-state index in [1.807, 2.05) is 0 Å². The molecule has 2 unspecified atom stereocenters. The van der Waals surface area contributed by atoms with Crippen molar-refractivity contribution >= 4 is 17.9 Å². The highest BCUT2D eigenvalue weighted by atomic mass is 16.6. The molecule has 238 valence electrons. The van der Waals surface area contributed by atoms with E-state index in [0.717, 1.165) is 31.1 Å². The number of esters is 3. The zero-order valence-corrected chi connectivity index (χ0v) is 27.3. The molecule has 0 N–H and O–H groups in total. The summed E-state index contributed by atoms with van der Waals surface area (Å²) < 4.78 is 10.4. The van der Waals surface area contributed by atoms with E-state index in [1.165, 1.54) is 116 Å². The molecule has 0 aromatic rings. The summed E-state index contributed by atoms with van der Waals surface area (Å²) in [7, 11) is 0. The third kappa shape index (κ3) is 14.6. The van der Waals surface area contributed by atoms with Crippen LogP contribution in [0.1, 0.15) is 182 Å². The first-order chi connectivity index (χ1) is 19.8. The largest absolute Gasteiger partial charge is 0.462 e. The number of ether oxygens (including phenoxy) is 2. The lowest BCUT2D eigenvalue weighted by Gasteiger charge is -2.37. The van der Waals surface area contributed by atoms with Gasteiger partial charge in [0.1, 0.15) is 6.10 Å². The fraction of sp³-hybridized carbons (Fsp3) is 0.917. The Hall–Kier alpha value is -1.39. The average molecular weight is 577 g/mol. The molecule has 3 aliphatic rings. The lowest BCUT2D eigenvalue weighted by Crippen LogP contribution is -2.26. The molecular formula is C36H64O5. The Morgan fingerprint density at radius 3 is 1.83 bits per heavy atom. The third-order valence-electron chi connectivity index (χ3n) is 10.4. The molecule has 5 nitrogen and oxygen atoms in total. The van der Waals surface area contributed by atoms with Gasteiger partial charge in [-0.05, 0) is 87.9 Å². The van der Waals surface area contributed by atoms with Crippen molar-refractivity contribution < 1.29 is 23.9 Å². The van der Waals surface area contributed by atoms with Crippen LogP contribution in [0.15, 0.2) is 0 Å². The van der Waals surface area contributed by atoms with Crippen LogP contribution in [0, 0.1) is 23.2 Å². The molecule has 2 atom stereocenters. The van der Waals surface area contributed by atoms with Gasteiger partial charge >= 0.3 is 17.9 Å². The van der Waals surface area contributed by atoms with Gasteiger partial charge in [0.05, 0.1) is 0 Å². The minimum atomic E-state index is -0.411. The first-order valence-electron chi connectivity index (χ1n) is 17.7. The highest BCUT2D eigenvalue weighted by Gasteiger charge is 2.30. The van der Waals surface area contributed by atoms with Crippen molar-refractivity contribution in [2.45, 2.75) is 188 Å². The molecule has 5 heteroatoms. The minimum absolute atomic E-state index is 0.0360. The molecule has 0 aromatic carbocycles. The smallest absolute Gasteiger partial charge is 0.313 e. The topological polar surface area (TPSA) is 69.7 Å². The summed E-state index contributed by atoms with van der Waals surface area (Å²) in [4.78, 5) is 34.5. The lowest BCUT2D eigenvalue weighted by atomic mass is 9.68. The molecule has 3 fully saturated rings. The van der Waals surface area contributed by atoms with Crippen LogP contribution in [0.3, 0.4) is 0 Å². The monoisotopic (exact) mass is 576 g/mol. The Morgan fingerprint density at radius 1 is 0.683 bits per heavy atom. The maximum Gasteiger partial charge on any atom is 0.313 e. The fourth-order valence-corrected chi connectivity index (χ4v) is 7.79. The maximum atomic E-state index is 12.0. The quantitative estimate of drug-likeness (QED) is 0.152. The molecule has 0 aromatic heterocycles. The molecule has 0 amide bonds. The van der Waals surface area contributed by atoms with E-state index in [2.05, 4.69) is 20.8 Å². The molecule has 0 aliphatic heterocycles. The van der Waals surface area contributed by atoms with Crippen molar-refractivity contribution in [3.63, 3.8) is 0 Å². The summed E-state index contributed by atoms with van der Waals surface area (Å²) in [6.07, 6.45) is 28.2. The molecular weight excluding hydrogens is 512 g/mol. The van der Waals surface area contributed by atoms with Crippen LogP contribution < -0.4 is 0 Å². The highest BCUT2D eigenvalue weighted by Crippen LogP contribution is 2.44. The van der Waals surface area contributed by atoms with Crippen molar-refractivity contribution in [1.29, 1.82) is 0 Å². The second-order valence-corrected chi connectivity index (χ2v) is 13.7. The van der Waals surface area contributed by atoms with Crippen LogP contribution in [0.5, 0.6) is 0 Å². The molecule has 0 saturated heterocycles. The number of rotatable bonds is 14. The number of carbonyl (C=O) groups is 3. The summed E-state index contributed by atoms with van der Waals surface area (Å²) in [6.45, 7) is 8.42. The SMILES string of the molecule is CC(CCCC(=O)OC(C)C1CCCCC1)C1CCCCC1.CCCC1(CCCC(=O)OC(=O)CC)CCCCC1. The molecule has 3 saturated carbocycles. The zero-order chi connectivity index (χ0) is 29.9. The van der Waals surface area contributed by atoms with E-state index in [0.29, 0.717) is 24.2 Å². The molecule has 3 rings (SSSR count). The second-order valence-electron chi connectivity index (χ2n) is 13.7. The maximum absolute atomic E-state index is 12.0. The van der Waals surface area contributed by atoms with Crippen LogP contribution in [-0.4, -0.2) is 24.0 Å². The average Bonchev–Trinajstić information content (AvgIpc) is 2.99. The van der Waals surface area contributed by atoms with Crippen LogP contribution in [0.25, 0.3) is 0 Å². The van der Waals surface area contributed by atoms with Crippen molar-refractivity contribution in [1.82, 2.24) is 0 Å². The van der Waals surface area contributed by atoms with Gasteiger partial charge in [-0.1, -0.05) is 97.8 Å². The molecule has 0 radical (unpaired) electrons. The Balaban J connectivity index is 0.000000290. The summed E-state index contributed by atoms with van der Waals surface area (Å²) in [6, 6.07) is 0. The van der Waals surface area contributed by atoms with Gasteiger partial charge in [0.2, 0.25) is 0 Å². The first-order valence-corrected chi connectivity index (χ1v) is 17.7. The van der Waals surface area contributed by atoms with E-state index in [-0.39, 0.29) is 24.5 Å². The van der Waals surface area contributed by atoms with Gasteiger partial charge in [-0.15, -0.1) is 0 Å². The van der Waals surface area contributed by atoms with E-state index in [1.54, 1.807) is 6.92 Å². The zero-order valence-electron chi connectivity index (χ0n) is 27.3. The van der Waals surface area contributed by atoms with Gasteiger partial charge in [-0.25, -0.2) is 0 Å². The molecule has 41 heavy (non-hydrogen) atoms. The van der Waals surface area contributed by atoms with E-state index < -0.39 is 5.97 Å². The first kappa shape index (κ1) is 35.8. The van der Waals surface area contributed by atoms with Crippen molar-refractivity contribution in [2.75, 3.05) is 0 Å². The summed E-state index contributed by atoms with van der Waals surface area (Å²) in [5, 5.41) is 0. The molecule has 0 bridgehead atoms. The normalized spacial score (nSPS) is 21.2. The van der Waals surface area contributed by atoms with Crippen LogP contribution in [0.2, 0.25) is 0 Å². The predicted octanol–water partition coefficient (Wildman–Crippen LogP) is 10.3. The number of hydrogen-bond donors (Lipinski definition) is 0. The van der Waals surface area contributed by atoms with Crippen molar-refractivity contribution in [3.05, 3.63) is 0 Å². The fourth-order valence-electron chi connectivity index (χ4n) is 7.79. The lowest BCUT2D eigenvalue weighted by molar-refractivity contribution is -0.159. The Morgan fingerprint density at radius 2 is 1.24 bits per heavy atom. The van der Waals surface area contributed by atoms with Gasteiger partial charge in [-0.3, -0.25) is 14.4 Å². The molecule has 3 aliphatic carbocycles. The highest BCUT2D eigenvalue weighted by molar-refractivity contribution is 5.85. The van der Waals surface area contributed by atoms with Crippen LogP contribution >= 0.6 is 0 Å². The van der Waals surface area contributed by atoms with E-state index >= 15 is 0 Å². The van der Waals surface area contributed by atoms with Gasteiger partial charge in [-0.2, -0.15) is 0 Å². The second kappa shape index (κ2) is 20.5.